The Balaban J connectivity index is 2.33. The van der Waals surface area contributed by atoms with Gasteiger partial charge in [0.25, 0.3) is 0 Å². The summed E-state index contributed by atoms with van der Waals surface area (Å²) < 4.78 is 6.47. The van der Waals surface area contributed by atoms with Crippen molar-refractivity contribution in [2.75, 3.05) is 6.61 Å². The average Bonchev–Trinajstić information content (AvgIpc) is 2.68. The molecule has 1 aromatic heterocycles. The van der Waals surface area contributed by atoms with Gasteiger partial charge in [-0.3, -0.25) is 0 Å². The molecule has 0 unspecified atom stereocenters. The van der Waals surface area contributed by atoms with Crippen molar-refractivity contribution in [2.45, 2.75) is 20.5 Å². The molecule has 0 atom stereocenters. The molecule has 1 aromatic carbocycles. The third-order valence-electron chi connectivity index (χ3n) is 2.40. The SMILES string of the molecule is CCOCc1nc(-c2ccccc2Br)c(C)s1. The fourth-order valence-corrected chi connectivity index (χ4v) is 2.96. The summed E-state index contributed by atoms with van der Waals surface area (Å²) in [7, 11) is 0. The second kappa shape index (κ2) is 5.76. The quantitative estimate of drug-likeness (QED) is 0.834. The summed E-state index contributed by atoms with van der Waals surface area (Å²) in [5.74, 6) is 0. The van der Waals surface area contributed by atoms with E-state index in [1.165, 1.54) is 4.88 Å². The molecule has 0 aliphatic rings. The number of nitrogens with zero attached hydrogens (tertiary/aromatic N) is 1. The van der Waals surface area contributed by atoms with Crippen LogP contribution >= 0.6 is 27.3 Å². The fraction of sp³-hybridized carbons (Fsp3) is 0.308. The standard InChI is InChI=1S/C13H14BrNOS/c1-3-16-8-12-15-13(9(2)17-12)10-6-4-5-7-11(10)14/h4-7H,3,8H2,1-2H3. The van der Waals surface area contributed by atoms with Crippen LogP contribution in [0.1, 0.15) is 16.8 Å². The molecule has 0 radical (unpaired) electrons. The molecule has 0 spiro atoms. The van der Waals surface area contributed by atoms with Crippen LogP contribution in [0.15, 0.2) is 28.7 Å². The van der Waals surface area contributed by atoms with Gasteiger partial charge < -0.3 is 4.74 Å². The van der Waals surface area contributed by atoms with E-state index in [0.717, 1.165) is 27.3 Å². The summed E-state index contributed by atoms with van der Waals surface area (Å²) in [6.07, 6.45) is 0. The lowest BCUT2D eigenvalue weighted by Gasteiger charge is -2.01. The van der Waals surface area contributed by atoms with Gasteiger partial charge in [0.05, 0.1) is 12.3 Å². The minimum absolute atomic E-state index is 0.604. The Hall–Kier alpha value is -0.710. The third kappa shape index (κ3) is 2.94. The zero-order valence-corrected chi connectivity index (χ0v) is 12.3. The molecule has 0 aliphatic carbocycles. The van der Waals surface area contributed by atoms with Crippen LogP contribution in [0.4, 0.5) is 0 Å². The number of benzene rings is 1. The van der Waals surface area contributed by atoms with Gasteiger partial charge in [0.15, 0.2) is 0 Å². The van der Waals surface area contributed by atoms with Gasteiger partial charge in [0, 0.05) is 21.5 Å². The molecule has 0 saturated carbocycles. The molecule has 4 heteroatoms. The number of aromatic nitrogens is 1. The normalized spacial score (nSPS) is 10.8. The maximum Gasteiger partial charge on any atom is 0.119 e. The van der Waals surface area contributed by atoms with Gasteiger partial charge in [-0.05, 0) is 19.9 Å². The minimum Gasteiger partial charge on any atom is -0.375 e. The Kier molecular flexibility index (Phi) is 4.31. The van der Waals surface area contributed by atoms with E-state index >= 15 is 0 Å². The van der Waals surface area contributed by atoms with Gasteiger partial charge in [-0.15, -0.1) is 11.3 Å². The molecule has 17 heavy (non-hydrogen) atoms. The van der Waals surface area contributed by atoms with Crippen LogP contribution in [0, 0.1) is 6.92 Å². The molecule has 0 N–H and O–H groups in total. The molecular weight excluding hydrogens is 298 g/mol. The molecular formula is C13H14BrNOS. The number of ether oxygens (including phenoxy) is 1. The van der Waals surface area contributed by atoms with Crippen LogP contribution in [0.25, 0.3) is 11.3 Å². The van der Waals surface area contributed by atoms with E-state index in [1.807, 2.05) is 25.1 Å². The molecule has 0 aliphatic heterocycles. The Morgan fingerprint density at radius 1 is 1.35 bits per heavy atom. The highest BCUT2D eigenvalue weighted by Gasteiger charge is 2.11. The topological polar surface area (TPSA) is 22.1 Å². The van der Waals surface area contributed by atoms with Gasteiger partial charge in [-0.2, -0.15) is 0 Å². The first-order valence-corrected chi connectivity index (χ1v) is 7.12. The van der Waals surface area contributed by atoms with E-state index in [2.05, 4.69) is 33.9 Å². The molecule has 2 nitrogen and oxygen atoms in total. The van der Waals surface area contributed by atoms with Crippen LogP contribution in [-0.2, 0) is 11.3 Å². The smallest absolute Gasteiger partial charge is 0.119 e. The van der Waals surface area contributed by atoms with E-state index in [1.54, 1.807) is 11.3 Å². The van der Waals surface area contributed by atoms with Crippen LogP contribution in [0.2, 0.25) is 0 Å². The summed E-state index contributed by atoms with van der Waals surface area (Å²) in [4.78, 5) is 5.87. The zero-order chi connectivity index (χ0) is 12.3. The van der Waals surface area contributed by atoms with E-state index in [4.69, 9.17) is 4.74 Å². The average molecular weight is 312 g/mol. The lowest BCUT2D eigenvalue weighted by Crippen LogP contribution is -1.90. The predicted molar refractivity (Wildman–Crippen MR) is 75.3 cm³/mol. The van der Waals surface area contributed by atoms with Crippen molar-refractivity contribution < 1.29 is 4.74 Å². The van der Waals surface area contributed by atoms with Crippen LogP contribution in [0.3, 0.4) is 0 Å². The van der Waals surface area contributed by atoms with Crippen molar-refractivity contribution in [3.8, 4) is 11.3 Å². The molecule has 0 saturated heterocycles. The first-order chi connectivity index (χ1) is 8.22. The Morgan fingerprint density at radius 3 is 2.82 bits per heavy atom. The fourth-order valence-electron chi connectivity index (χ4n) is 1.61. The lowest BCUT2D eigenvalue weighted by molar-refractivity contribution is 0.134. The maximum atomic E-state index is 5.39. The first kappa shape index (κ1) is 12.7. The van der Waals surface area contributed by atoms with Crippen molar-refractivity contribution in [1.82, 2.24) is 4.98 Å². The molecule has 1 heterocycles. The second-order valence-electron chi connectivity index (χ2n) is 3.63. The summed E-state index contributed by atoms with van der Waals surface area (Å²) in [5, 5.41) is 1.04. The Labute approximate surface area is 114 Å². The summed E-state index contributed by atoms with van der Waals surface area (Å²) in [6, 6.07) is 8.16. The zero-order valence-electron chi connectivity index (χ0n) is 9.87. The number of aryl methyl sites for hydroxylation is 1. The molecule has 0 bridgehead atoms. The van der Waals surface area contributed by atoms with Crippen molar-refractivity contribution in [3.63, 3.8) is 0 Å². The highest BCUT2D eigenvalue weighted by molar-refractivity contribution is 9.10. The molecule has 2 aromatic rings. The molecule has 0 fully saturated rings. The summed E-state index contributed by atoms with van der Waals surface area (Å²) >= 11 is 5.26. The summed E-state index contributed by atoms with van der Waals surface area (Å²) in [6.45, 7) is 5.42. The van der Waals surface area contributed by atoms with Gasteiger partial charge >= 0.3 is 0 Å². The monoisotopic (exact) mass is 311 g/mol. The van der Waals surface area contributed by atoms with E-state index in [0.29, 0.717) is 6.61 Å². The van der Waals surface area contributed by atoms with Crippen molar-refractivity contribution in [3.05, 3.63) is 38.6 Å². The largest absolute Gasteiger partial charge is 0.375 e. The second-order valence-corrected chi connectivity index (χ2v) is 5.77. The molecule has 90 valence electrons. The van der Waals surface area contributed by atoms with Crippen molar-refractivity contribution in [2.24, 2.45) is 0 Å². The molecule has 0 amide bonds. The maximum absolute atomic E-state index is 5.39. The van der Waals surface area contributed by atoms with Gasteiger partial charge in [0.2, 0.25) is 0 Å². The van der Waals surface area contributed by atoms with Crippen molar-refractivity contribution in [1.29, 1.82) is 0 Å². The van der Waals surface area contributed by atoms with Crippen LogP contribution in [-0.4, -0.2) is 11.6 Å². The number of thiazole rings is 1. The van der Waals surface area contributed by atoms with Crippen LogP contribution < -0.4 is 0 Å². The van der Waals surface area contributed by atoms with E-state index < -0.39 is 0 Å². The summed E-state index contributed by atoms with van der Waals surface area (Å²) in [5.41, 5.74) is 2.20. The molecule has 2 rings (SSSR count). The highest BCUT2D eigenvalue weighted by Crippen LogP contribution is 2.32. The van der Waals surface area contributed by atoms with E-state index in [-0.39, 0.29) is 0 Å². The van der Waals surface area contributed by atoms with Gasteiger partial charge in [0.1, 0.15) is 5.01 Å². The first-order valence-electron chi connectivity index (χ1n) is 5.51. The lowest BCUT2D eigenvalue weighted by atomic mass is 10.1. The van der Waals surface area contributed by atoms with Crippen molar-refractivity contribution >= 4 is 27.3 Å². The van der Waals surface area contributed by atoms with Gasteiger partial charge in [-0.25, -0.2) is 4.98 Å². The number of halogens is 1. The predicted octanol–water partition coefficient (Wildman–Crippen LogP) is 4.42. The number of hydrogen-bond acceptors (Lipinski definition) is 3. The van der Waals surface area contributed by atoms with E-state index in [9.17, 15) is 0 Å². The minimum atomic E-state index is 0.604. The van der Waals surface area contributed by atoms with Crippen LogP contribution in [0.5, 0.6) is 0 Å². The Morgan fingerprint density at radius 2 is 2.12 bits per heavy atom. The third-order valence-corrected chi connectivity index (χ3v) is 4.04. The number of rotatable bonds is 4. The van der Waals surface area contributed by atoms with Gasteiger partial charge in [-0.1, -0.05) is 34.1 Å². The number of hydrogen-bond donors (Lipinski definition) is 0. The highest BCUT2D eigenvalue weighted by atomic mass is 79.9. The Bertz CT molecular complexity index is 510.